The van der Waals surface area contributed by atoms with E-state index in [9.17, 15) is 0 Å². The van der Waals surface area contributed by atoms with E-state index >= 15 is 0 Å². The molecule has 0 radical (unpaired) electrons. The van der Waals surface area contributed by atoms with Gasteiger partial charge < -0.3 is 4.98 Å². The van der Waals surface area contributed by atoms with Gasteiger partial charge in [-0.2, -0.15) is 0 Å². The molecule has 3 heterocycles. The number of aromatic amines is 1. The quantitative estimate of drug-likeness (QED) is 0.237. The molecule has 0 aliphatic heterocycles. The molecule has 0 amide bonds. The van der Waals surface area contributed by atoms with Crippen LogP contribution in [0.4, 0.5) is 17.2 Å². The molecule has 0 saturated heterocycles. The molecule has 0 atom stereocenters. The van der Waals surface area contributed by atoms with E-state index in [0.29, 0.717) is 0 Å². The van der Waals surface area contributed by atoms with Crippen molar-refractivity contribution in [3.05, 3.63) is 152 Å². The molecule has 8 rings (SSSR count). The Balaban J connectivity index is 1.26. The first-order valence-corrected chi connectivity index (χ1v) is 14.1. The van der Waals surface area contributed by atoms with E-state index < -0.39 is 0 Å². The highest BCUT2D eigenvalue weighted by Gasteiger charge is 2.17. The van der Waals surface area contributed by atoms with E-state index in [1.807, 2.05) is 24.4 Å². The summed E-state index contributed by atoms with van der Waals surface area (Å²) in [5.74, 6) is 0.859. The van der Waals surface area contributed by atoms with E-state index in [0.717, 1.165) is 50.7 Å². The Bertz CT molecular complexity index is 2210. The monoisotopic (exact) mass is 538 g/mol. The van der Waals surface area contributed by atoms with Crippen LogP contribution < -0.4 is 4.90 Å². The maximum atomic E-state index is 5.18. The number of rotatable bonds is 5. The van der Waals surface area contributed by atoms with Crippen LogP contribution in [-0.4, -0.2) is 15.0 Å². The second-order valence-electron chi connectivity index (χ2n) is 10.4. The number of H-pyrrole nitrogens is 1. The van der Waals surface area contributed by atoms with Crippen LogP contribution in [0.25, 0.3) is 55.1 Å². The van der Waals surface area contributed by atoms with Gasteiger partial charge in [-0.15, -0.1) is 0 Å². The first-order chi connectivity index (χ1) is 20.8. The Morgan fingerprint density at radius 1 is 0.548 bits per heavy atom. The Labute approximate surface area is 243 Å². The first kappa shape index (κ1) is 24.1. The number of nitrogens with zero attached hydrogens (tertiary/aromatic N) is 3. The number of para-hydroxylation sites is 2. The molecule has 0 saturated carbocycles. The molecule has 0 aliphatic carbocycles. The van der Waals surface area contributed by atoms with Crippen molar-refractivity contribution in [3.8, 4) is 22.5 Å². The summed E-state index contributed by atoms with van der Waals surface area (Å²) in [6.45, 7) is 0. The van der Waals surface area contributed by atoms with Gasteiger partial charge in [0.05, 0.1) is 22.6 Å². The third-order valence-corrected chi connectivity index (χ3v) is 7.85. The Morgan fingerprint density at radius 3 is 2.21 bits per heavy atom. The van der Waals surface area contributed by atoms with Gasteiger partial charge in [0, 0.05) is 44.7 Å². The van der Waals surface area contributed by atoms with Crippen LogP contribution in [-0.2, 0) is 0 Å². The van der Waals surface area contributed by atoms with E-state index in [1.165, 1.54) is 21.5 Å². The van der Waals surface area contributed by atoms with Crippen molar-refractivity contribution >= 4 is 49.8 Å². The van der Waals surface area contributed by atoms with Gasteiger partial charge in [0.1, 0.15) is 5.82 Å². The Morgan fingerprint density at radius 2 is 1.29 bits per heavy atom. The van der Waals surface area contributed by atoms with Gasteiger partial charge in [-0.05, 0) is 53.9 Å². The van der Waals surface area contributed by atoms with Crippen molar-refractivity contribution in [3.63, 3.8) is 0 Å². The minimum absolute atomic E-state index is 0.859. The van der Waals surface area contributed by atoms with Gasteiger partial charge in [0.25, 0.3) is 0 Å². The van der Waals surface area contributed by atoms with E-state index in [4.69, 9.17) is 9.97 Å². The standard InChI is InChI=1S/C38H26N4/c1-2-15-29-26(11-1)12-8-22-36(29)42(37-23-5-6-24-39-37)28-14-7-13-27(25-28)33-20-10-21-35(40-33)32-18-9-17-31-30-16-3-4-19-34(30)41-38(31)32/h1-25,41H. The van der Waals surface area contributed by atoms with E-state index in [2.05, 4.69) is 137 Å². The number of aromatic nitrogens is 3. The molecular weight excluding hydrogens is 512 g/mol. The van der Waals surface area contributed by atoms with Gasteiger partial charge >= 0.3 is 0 Å². The number of hydrogen-bond acceptors (Lipinski definition) is 3. The summed E-state index contributed by atoms with van der Waals surface area (Å²) >= 11 is 0. The number of pyridine rings is 2. The molecule has 3 aromatic heterocycles. The van der Waals surface area contributed by atoms with Crippen LogP contribution in [0.15, 0.2) is 152 Å². The highest BCUT2D eigenvalue weighted by atomic mass is 15.2. The number of anilines is 3. The molecule has 5 aromatic carbocycles. The maximum Gasteiger partial charge on any atom is 0.137 e. The lowest BCUT2D eigenvalue weighted by Gasteiger charge is -2.26. The molecule has 0 fully saturated rings. The molecule has 1 N–H and O–H groups in total. The maximum absolute atomic E-state index is 5.18. The molecule has 0 bridgehead atoms. The van der Waals surface area contributed by atoms with Crippen molar-refractivity contribution < 1.29 is 0 Å². The van der Waals surface area contributed by atoms with Crippen molar-refractivity contribution in [2.24, 2.45) is 0 Å². The van der Waals surface area contributed by atoms with Gasteiger partial charge in [-0.1, -0.05) is 97.1 Å². The molecule has 0 aliphatic rings. The van der Waals surface area contributed by atoms with Crippen LogP contribution in [0, 0.1) is 0 Å². The van der Waals surface area contributed by atoms with Gasteiger partial charge in [0.2, 0.25) is 0 Å². The molecule has 0 spiro atoms. The molecular formula is C38H26N4. The van der Waals surface area contributed by atoms with Gasteiger partial charge in [-0.3, -0.25) is 4.90 Å². The molecule has 8 aromatic rings. The average Bonchev–Trinajstić information content (AvgIpc) is 3.45. The zero-order valence-corrected chi connectivity index (χ0v) is 22.8. The number of nitrogens with one attached hydrogen (secondary N) is 1. The SMILES string of the molecule is c1ccc(N(c2cccc(-c3cccc(-c4cccc5c4[nH]c4ccccc45)n3)c2)c2cccc3ccccc23)nc1. The summed E-state index contributed by atoms with van der Waals surface area (Å²) in [5.41, 5.74) is 8.32. The summed E-state index contributed by atoms with van der Waals surface area (Å²) < 4.78 is 0. The molecule has 42 heavy (non-hydrogen) atoms. The lowest BCUT2D eigenvalue weighted by molar-refractivity contribution is 1.19. The Kier molecular flexibility index (Phi) is 5.75. The van der Waals surface area contributed by atoms with Crippen LogP contribution in [0.5, 0.6) is 0 Å². The largest absolute Gasteiger partial charge is 0.354 e. The fraction of sp³-hybridized carbons (Fsp3) is 0. The fourth-order valence-electron chi connectivity index (χ4n) is 5.92. The predicted molar refractivity (Wildman–Crippen MR) is 174 cm³/mol. The lowest BCUT2D eigenvalue weighted by Crippen LogP contribution is -2.12. The number of hydrogen-bond donors (Lipinski definition) is 1. The molecule has 4 nitrogen and oxygen atoms in total. The van der Waals surface area contributed by atoms with Crippen LogP contribution in [0.2, 0.25) is 0 Å². The van der Waals surface area contributed by atoms with Crippen LogP contribution >= 0.6 is 0 Å². The lowest BCUT2D eigenvalue weighted by atomic mass is 10.0. The van der Waals surface area contributed by atoms with Crippen LogP contribution in [0.1, 0.15) is 0 Å². The van der Waals surface area contributed by atoms with Crippen LogP contribution in [0.3, 0.4) is 0 Å². The molecule has 198 valence electrons. The number of benzene rings is 5. The van der Waals surface area contributed by atoms with Crippen molar-refractivity contribution in [1.29, 1.82) is 0 Å². The van der Waals surface area contributed by atoms with Crippen molar-refractivity contribution in [2.75, 3.05) is 4.90 Å². The minimum Gasteiger partial charge on any atom is -0.354 e. The van der Waals surface area contributed by atoms with E-state index in [-0.39, 0.29) is 0 Å². The highest BCUT2D eigenvalue weighted by Crippen LogP contribution is 2.39. The molecule has 0 unspecified atom stereocenters. The van der Waals surface area contributed by atoms with E-state index in [1.54, 1.807) is 0 Å². The summed E-state index contributed by atoms with van der Waals surface area (Å²) in [6, 6.07) is 50.6. The smallest absolute Gasteiger partial charge is 0.137 e. The topological polar surface area (TPSA) is 44.8 Å². The molecule has 4 heteroatoms. The van der Waals surface area contributed by atoms with Gasteiger partial charge in [-0.25, -0.2) is 9.97 Å². The Hall–Kier alpha value is -5.74. The zero-order valence-electron chi connectivity index (χ0n) is 22.8. The summed E-state index contributed by atoms with van der Waals surface area (Å²) in [6.07, 6.45) is 1.84. The summed E-state index contributed by atoms with van der Waals surface area (Å²) in [4.78, 5) is 15.8. The minimum atomic E-state index is 0.859. The zero-order chi connectivity index (χ0) is 27.9. The third-order valence-electron chi connectivity index (χ3n) is 7.85. The predicted octanol–water partition coefficient (Wildman–Crippen LogP) is 10.1. The first-order valence-electron chi connectivity index (χ1n) is 14.1. The second kappa shape index (κ2) is 10.0. The summed E-state index contributed by atoms with van der Waals surface area (Å²) in [5, 5.41) is 4.79. The fourth-order valence-corrected chi connectivity index (χ4v) is 5.92. The second-order valence-corrected chi connectivity index (χ2v) is 10.4. The normalized spacial score (nSPS) is 11.3. The summed E-state index contributed by atoms with van der Waals surface area (Å²) in [7, 11) is 0. The van der Waals surface area contributed by atoms with Crippen molar-refractivity contribution in [2.45, 2.75) is 0 Å². The highest BCUT2D eigenvalue weighted by molar-refractivity contribution is 6.11. The average molecular weight is 539 g/mol. The third kappa shape index (κ3) is 4.09. The number of fused-ring (bicyclic) bond motifs is 4. The van der Waals surface area contributed by atoms with Crippen molar-refractivity contribution in [1.82, 2.24) is 15.0 Å². The van der Waals surface area contributed by atoms with Gasteiger partial charge in [0.15, 0.2) is 0 Å².